The normalized spacial score (nSPS) is 32.7. The van der Waals surface area contributed by atoms with Crippen LogP contribution in [0.25, 0.3) is 0 Å². The summed E-state index contributed by atoms with van der Waals surface area (Å²) in [6, 6.07) is 7.71. The van der Waals surface area contributed by atoms with E-state index < -0.39 is 5.79 Å². The van der Waals surface area contributed by atoms with E-state index in [1.807, 2.05) is 24.3 Å². The van der Waals surface area contributed by atoms with Crippen molar-refractivity contribution in [1.82, 2.24) is 0 Å². The van der Waals surface area contributed by atoms with E-state index in [-0.39, 0.29) is 6.29 Å². The lowest BCUT2D eigenvalue weighted by Crippen LogP contribution is -2.31. The number of benzene rings is 1. The van der Waals surface area contributed by atoms with Crippen molar-refractivity contribution in [2.45, 2.75) is 31.3 Å². The van der Waals surface area contributed by atoms with Gasteiger partial charge in [0.1, 0.15) is 5.75 Å². The van der Waals surface area contributed by atoms with Crippen LogP contribution in [0.15, 0.2) is 24.3 Å². The molecule has 4 heteroatoms. The Balaban J connectivity index is 1.90. The van der Waals surface area contributed by atoms with Gasteiger partial charge >= 0.3 is 0 Å². The van der Waals surface area contributed by atoms with Gasteiger partial charge in [0.25, 0.3) is 0 Å². The van der Waals surface area contributed by atoms with E-state index in [4.69, 9.17) is 19.2 Å². The molecule has 0 amide bonds. The molecule has 2 fully saturated rings. The van der Waals surface area contributed by atoms with Gasteiger partial charge in [0.15, 0.2) is 6.29 Å². The van der Waals surface area contributed by atoms with Crippen LogP contribution in [-0.4, -0.2) is 13.4 Å². The van der Waals surface area contributed by atoms with E-state index in [0.29, 0.717) is 0 Å². The third kappa shape index (κ3) is 1.50. The molecule has 2 saturated heterocycles. The summed E-state index contributed by atoms with van der Waals surface area (Å²) in [7, 11) is 1.65. The summed E-state index contributed by atoms with van der Waals surface area (Å²) in [5.74, 6) is 0.126. The molecule has 0 N–H and O–H groups in total. The average molecular weight is 222 g/mol. The lowest BCUT2D eigenvalue weighted by atomic mass is 9.97. The molecule has 0 radical (unpaired) electrons. The molecule has 0 spiro atoms. The predicted octanol–water partition coefficient (Wildman–Crippen LogP) is 2.34. The van der Waals surface area contributed by atoms with Gasteiger partial charge in [-0.05, 0) is 30.7 Å². The highest BCUT2D eigenvalue weighted by atomic mass is 17.3. The Bertz CT molecular complexity index is 371. The van der Waals surface area contributed by atoms with Crippen LogP contribution in [0.4, 0.5) is 0 Å². The molecule has 0 aliphatic carbocycles. The van der Waals surface area contributed by atoms with Gasteiger partial charge < -0.3 is 9.47 Å². The highest BCUT2D eigenvalue weighted by molar-refractivity contribution is 5.30. The van der Waals surface area contributed by atoms with Crippen LogP contribution in [0.3, 0.4) is 0 Å². The molecule has 0 aromatic heterocycles. The van der Waals surface area contributed by atoms with Crippen molar-refractivity contribution >= 4 is 0 Å². The average Bonchev–Trinajstić information content (AvgIpc) is 2.66. The predicted molar refractivity (Wildman–Crippen MR) is 55.6 cm³/mol. The third-order valence-electron chi connectivity index (χ3n) is 3.09. The van der Waals surface area contributed by atoms with Gasteiger partial charge in [-0.15, -0.1) is 0 Å². The monoisotopic (exact) mass is 222 g/mol. The maximum atomic E-state index is 5.76. The van der Waals surface area contributed by atoms with Crippen molar-refractivity contribution in [1.29, 1.82) is 0 Å². The molecule has 2 bridgehead atoms. The molecule has 16 heavy (non-hydrogen) atoms. The van der Waals surface area contributed by atoms with Gasteiger partial charge in [-0.2, -0.15) is 4.89 Å². The fourth-order valence-electron chi connectivity index (χ4n) is 2.20. The third-order valence-corrected chi connectivity index (χ3v) is 3.09. The highest BCUT2D eigenvalue weighted by Gasteiger charge is 2.48. The van der Waals surface area contributed by atoms with Crippen molar-refractivity contribution in [2.75, 3.05) is 7.11 Å². The van der Waals surface area contributed by atoms with Crippen LogP contribution in [0.1, 0.15) is 24.8 Å². The summed E-state index contributed by atoms with van der Waals surface area (Å²) in [4.78, 5) is 10.5. The minimum atomic E-state index is -0.699. The summed E-state index contributed by atoms with van der Waals surface area (Å²) in [5, 5.41) is 0. The maximum Gasteiger partial charge on any atom is 0.230 e. The van der Waals surface area contributed by atoms with Crippen LogP contribution < -0.4 is 4.74 Å². The Morgan fingerprint density at radius 3 is 2.88 bits per heavy atom. The van der Waals surface area contributed by atoms with Crippen LogP contribution in [0, 0.1) is 0 Å². The molecule has 4 nitrogen and oxygen atoms in total. The van der Waals surface area contributed by atoms with E-state index >= 15 is 0 Å². The number of methoxy groups -OCH3 is 1. The number of rotatable bonds is 2. The first-order valence-corrected chi connectivity index (χ1v) is 5.49. The van der Waals surface area contributed by atoms with Gasteiger partial charge in [-0.1, -0.05) is 0 Å². The highest BCUT2D eigenvalue weighted by Crippen LogP contribution is 2.44. The fraction of sp³-hybridized carbons (Fsp3) is 0.500. The summed E-state index contributed by atoms with van der Waals surface area (Å²) in [6.07, 6.45) is 2.57. The Labute approximate surface area is 94.0 Å². The second kappa shape index (κ2) is 3.73. The Morgan fingerprint density at radius 2 is 2.12 bits per heavy atom. The van der Waals surface area contributed by atoms with Crippen LogP contribution in [-0.2, 0) is 20.3 Å². The topological polar surface area (TPSA) is 36.9 Å². The first-order valence-electron chi connectivity index (χ1n) is 5.49. The first-order chi connectivity index (χ1) is 7.82. The lowest BCUT2D eigenvalue weighted by molar-refractivity contribution is -0.331. The molecule has 1 aromatic rings. The molecule has 2 heterocycles. The number of hydrogen-bond donors (Lipinski definition) is 0. The second-order valence-electron chi connectivity index (χ2n) is 4.10. The standard InChI is InChI=1S/C12H14O4/c1-13-10-6-4-9(5-7-10)12-8-2-3-11(14-12)15-16-12/h4-7,11H,2-3,8H2,1H3. The minimum Gasteiger partial charge on any atom is -0.497 e. The summed E-state index contributed by atoms with van der Waals surface area (Å²) in [5.41, 5.74) is 0.982. The molecule has 0 saturated carbocycles. The van der Waals surface area contributed by atoms with E-state index in [1.165, 1.54) is 0 Å². The van der Waals surface area contributed by atoms with E-state index in [9.17, 15) is 0 Å². The fourth-order valence-corrected chi connectivity index (χ4v) is 2.20. The molecule has 1 aromatic carbocycles. The molecule has 2 unspecified atom stereocenters. The largest absolute Gasteiger partial charge is 0.497 e. The summed E-state index contributed by atoms with van der Waals surface area (Å²) >= 11 is 0. The molecular weight excluding hydrogens is 208 g/mol. The van der Waals surface area contributed by atoms with Gasteiger partial charge in [0, 0.05) is 18.4 Å². The van der Waals surface area contributed by atoms with Gasteiger partial charge in [0.2, 0.25) is 5.79 Å². The SMILES string of the molecule is COc1ccc(C23CCCC(OO2)O3)cc1. The molecule has 2 aliphatic rings. The number of hydrogen-bond acceptors (Lipinski definition) is 4. The number of ether oxygens (including phenoxy) is 2. The van der Waals surface area contributed by atoms with Crippen molar-refractivity contribution in [2.24, 2.45) is 0 Å². The number of fused-ring (bicyclic) bond motifs is 2. The molecule has 2 atom stereocenters. The maximum absolute atomic E-state index is 5.76. The van der Waals surface area contributed by atoms with Crippen molar-refractivity contribution in [3.63, 3.8) is 0 Å². The zero-order chi connectivity index (χ0) is 11.0. The van der Waals surface area contributed by atoms with Crippen molar-refractivity contribution in [3.05, 3.63) is 29.8 Å². The summed E-state index contributed by atoms with van der Waals surface area (Å²) < 4.78 is 10.9. The van der Waals surface area contributed by atoms with E-state index in [1.54, 1.807) is 7.11 Å². The lowest BCUT2D eigenvalue weighted by Gasteiger charge is -2.28. The van der Waals surface area contributed by atoms with Crippen LogP contribution in [0.2, 0.25) is 0 Å². The van der Waals surface area contributed by atoms with Crippen LogP contribution in [0.5, 0.6) is 5.75 Å². The zero-order valence-electron chi connectivity index (χ0n) is 9.14. The Hall–Kier alpha value is -1.10. The quantitative estimate of drug-likeness (QED) is 0.720. The molecule has 86 valence electrons. The van der Waals surface area contributed by atoms with Crippen LogP contribution >= 0.6 is 0 Å². The molecule has 2 aliphatic heterocycles. The minimum absolute atomic E-state index is 0.212. The van der Waals surface area contributed by atoms with Gasteiger partial charge in [0.05, 0.1) is 7.11 Å². The van der Waals surface area contributed by atoms with Crippen molar-refractivity contribution in [3.8, 4) is 5.75 Å². The molecule has 3 rings (SSSR count). The van der Waals surface area contributed by atoms with Gasteiger partial charge in [-0.3, -0.25) is 0 Å². The second-order valence-corrected chi connectivity index (χ2v) is 4.10. The Kier molecular flexibility index (Phi) is 2.35. The van der Waals surface area contributed by atoms with Crippen molar-refractivity contribution < 1.29 is 19.2 Å². The van der Waals surface area contributed by atoms with E-state index in [2.05, 4.69) is 0 Å². The first kappa shape index (κ1) is 10.1. The molecular formula is C12H14O4. The van der Waals surface area contributed by atoms with Gasteiger partial charge in [-0.25, -0.2) is 4.89 Å². The Morgan fingerprint density at radius 1 is 1.31 bits per heavy atom. The smallest absolute Gasteiger partial charge is 0.230 e. The van der Waals surface area contributed by atoms with E-state index in [0.717, 1.165) is 30.6 Å². The zero-order valence-corrected chi connectivity index (χ0v) is 9.14. The summed E-state index contributed by atoms with van der Waals surface area (Å²) in [6.45, 7) is 0.